The fraction of sp³-hybridized carbons (Fsp3) is 0.480. The zero-order valence-corrected chi connectivity index (χ0v) is 21.2. The van der Waals surface area contributed by atoms with E-state index in [4.69, 9.17) is 4.74 Å². The lowest BCUT2D eigenvalue weighted by atomic mass is 10.1. The number of guanidine groups is 1. The summed E-state index contributed by atoms with van der Waals surface area (Å²) in [5, 5.41) is 6.93. The first-order valence-corrected chi connectivity index (χ1v) is 11.2. The molecular formula is C25H37IN4O. The molecule has 3 rings (SSSR count). The number of nitrogens with one attached hydrogen (secondary N) is 2. The maximum atomic E-state index is 5.75. The van der Waals surface area contributed by atoms with Crippen LogP contribution < -0.4 is 15.5 Å². The number of halogens is 1. The number of anilines is 1. The molecule has 1 fully saturated rings. The number of unbranched alkanes of at least 4 members (excludes halogenated alkanes) is 1. The first-order valence-electron chi connectivity index (χ1n) is 11.2. The Morgan fingerprint density at radius 2 is 1.84 bits per heavy atom. The lowest BCUT2D eigenvalue weighted by Crippen LogP contribution is -2.39. The molecule has 1 aliphatic rings. The van der Waals surface area contributed by atoms with Gasteiger partial charge in [0, 0.05) is 39.0 Å². The van der Waals surface area contributed by atoms with Gasteiger partial charge >= 0.3 is 0 Å². The van der Waals surface area contributed by atoms with Gasteiger partial charge in [-0.2, -0.15) is 0 Å². The predicted molar refractivity (Wildman–Crippen MR) is 142 cm³/mol. The highest BCUT2D eigenvalue weighted by atomic mass is 127. The molecule has 1 unspecified atom stereocenters. The molecule has 1 aliphatic heterocycles. The summed E-state index contributed by atoms with van der Waals surface area (Å²) in [6, 6.07) is 19.4. The molecule has 2 N–H and O–H groups in total. The van der Waals surface area contributed by atoms with Crippen molar-refractivity contribution in [2.24, 2.45) is 4.99 Å². The Kier molecular flexibility index (Phi) is 11.7. The molecule has 1 saturated heterocycles. The van der Waals surface area contributed by atoms with Gasteiger partial charge in [0.2, 0.25) is 0 Å². The maximum absolute atomic E-state index is 5.75. The standard InChI is InChI=1S/C25H36N4O.HI/c1-21(23-13-10-14-24(19-23)29-16-7-8-17-29)28-25(26-2)27-15-6-9-18-30-20-22-11-4-3-5-12-22;/h3-5,10-14,19,21H,6-9,15-18,20H2,1-2H3,(H2,26,27,28);1H. The average Bonchev–Trinajstić information content (AvgIpc) is 3.33. The van der Waals surface area contributed by atoms with Crippen LogP contribution in [-0.4, -0.2) is 39.2 Å². The van der Waals surface area contributed by atoms with E-state index in [9.17, 15) is 0 Å². The zero-order chi connectivity index (χ0) is 21.0. The van der Waals surface area contributed by atoms with E-state index >= 15 is 0 Å². The van der Waals surface area contributed by atoms with Gasteiger partial charge in [-0.25, -0.2) is 0 Å². The smallest absolute Gasteiger partial charge is 0.191 e. The Morgan fingerprint density at radius 1 is 1.06 bits per heavy atom. The lowest BCUT2D eigenvalue weighted by molar-refractivity contribution is 0.117. The van der Waals surface area contributed by atoms with E-state index in [0.717, 1.165) is 32.0 Å². The number of ether oxygens (including phenoxy) is 1. The number of aliphatic imine (C=N–C) groups is 1. The molecule has 2 aromatic carbocycles. The van der Waals surface area contributed by atoms with Crippen LogP contribution in [0, 0.1) is 0 Å². The molecule has 170 valence electrons. The molecule has 2 aromatic rings. The fourth-order valence-electron chi connectivity index (χ4n) is 3.75. The molecule has 0 bridgehead atoms. The van der Waals surface area contributed by atoms with Crippen molar-refractivity contribution >= 4 is 35.6 Å². The van der Waals surface area contributed by atoms with Gasteiger partial charge in [0.1, 0.15) is 0 Å². The topological polar surface area (TPSA) is 48.9 Å². The second-order valence-corrected chi connectivity index (χ2v) is 7.90. The Balaban J connectivity index is 0.00000341. The molecule has 5 nitrogen and oxygen atoms in total. The maximum Gasteiger partial charge on any atom is 0.191 e. The predicted octanol–water partition coefficient (Wildman–Crippen LogP) is 5.13. The third-order valence-corrected chi connectivity index (χ3v) is 5.54. The van der Waals surface area contributed by atoms with Gasteiger partial charge < -0.3 is 20.3 Å². The van der Waals surface area contributed by atoms with Crippen molar-refractivity contribution in [2.45, 2.75) is 45.3 Å². The van der Waals surface area contributed by atoms with Crippen molar-refractivity contribution in [1.82, 2.24) is 10.6 Å². The second kappa shape index (κ2) is 14.3. The first-order chi connectivity index (χ1) is 14.8. The number of rotatable bonds is 10. The van der Waals surface area contributed by atoms with Gasteiger partial charge in [-0.1, -0.05) is 42.5 Å². The van der Waals surface area contributed by atoms with Crippen LogP contribution in [0.1, 0.15) is 49.8 Å². The van der Waals surface area contributed by atoms with E-state index < -0.39 is 0 Å². The monoisotopic (exact) mass is 536 g/mol. The minimum absolute atomic E-state index is 0. The van der Waals surface area contributed by atoms with Crippen LogP contribution >= 0.6 is 24.0 Å². The minimum Gasteiger partial charge on any atom is -0.377 e. The normalized spacial score (nSPS) is 14.8. The Hall–Kier alpha value is -1.80. The van der Waals surface area contributed by atoms with E-state index in [1.54, 1.807) is 0 Å². The van der Waals surface area contributed by atoms with Crippen LogP contribution in [0.3, 0.4) is 0 Å². The summed E-state index contributed by atoms with van der Waals surface area (Å²) < 4.78 is 5.75. The van der Waals surface area contributed by atoms with Crippen LogP contribution in [0.25, 0.3) is 0 Å². The van der Waals surface area contributed by atoms with Crippen molar-refractivity contribution < 1.29 is 4.74 Å². The molecule has 0 amide bonds. The summed E-state index contributed by atoms with van der Waals surface area (Å²) in [4.78, 5) is 6.86. The van der Waals surface area contributed by atoms with Gasteiger partial charge in [-0.3, -0.25) is 4.99 Å². The van der Waals surface area contributed by atoms with Crippen molar-refractivity contribution in [3.8, 4) is 0 Å². The molecule has 0 aromatic heterocycles. The number of hydrogen-bond donors (Lipinski definition) is 2. The van der Waals surface area contributed by atoms with Crippen LogP contribution in [0.5, 0.6) is 0 Å². The molecule has 1 heterocycles. The van der Waals surface area contributed by atoms with Gasteiger partial charge in [0.05, 0.1) is 12.6 Å². The Morgan fingerprint density at radius 3 is 2.58 bits per heavy atom. The molecule has 0 aliphatic carbocycles. The third-order valence-electron chi connectivity index (χ3n) is 5.54. The number of hydrogen-bond acceptors (Lipinski definition) is 3. The highest BCUT2D eigenvalue weighted by Crippen LogP contribution is 2.23. The van der Waals surface area contributed by atoms with Crippen LogP contribution in [0.4, 0.5) is 5.69 Å². The van der Waals surface area contributed by atoms with Crippen molar-refractivity contribution in [2.75, 3.05) is 38.2 Å². The van der Waals surface area contributed by atoms with E-state index in [1.165, 1.54) is 42.7 Å². The van der Waals surface area contributed by atoms with Gasteiger partial charge in [0.15, 0.2) is 5.96 Å². The Labute approximate surface area is 204 Å². The first kappa shape index (κ1) is 25.5. The molecule has 31 heavy (non-hydrogen) atoms. The van der Waals surface area contributed by atoms with E-state index in [0.29, 0.717) is 6.61 Å². The Bertz CT molecular complexity index is 778. The van der Waals surface area contributed by atoms with Gasteiger partial charge in [-0.05, 0) is 55.9 Å². The molecule has 0 radical (unpaired) electrons. The summed E-state index contributed by atoms with van der Waals surface area (Å²) in [5.74, 6) is 0.847. The van der Waals surface area contributed by atoms with Gasteiger partial charge in [0.25, 0.3) is 0 Å². The number of benzene rings is 2. The largest absolute Gasteiger partial charge is 0.377 e. The quantitative estimate of drug-likeness (QED) is 0.191. The molecule has 0 saturated carbocycles. The van der Waals surface area contributed by atoms with E-state index in [2.05, 4.69) is 63.8 Å². The SMILES string of the molecule is CN=C(NCCCCOCc1ccccc1)NC(C)c1cccc(N2CCCC2)c1.I. The van der Waals surface area contributed by atoms with E-state index in [1.807, 2.05) is 25.2 Å². The summed E-state index contributed by atoms with van der Waals surface area (Å²) in [5.41, 5.74) is 3.84. The second-order valence-electron chi connectivity index (χ2n) is 7.90. The molecule has 0 spiro atoms. The fourth-order valence-corrected chi connectivity index (χ4v) is 3.75. The summed E-state index contributed by atoms with van der Waals surface area (Å²) >= 11 is 0. The molecular weight excluding hydrogens is 499 g/mol. The van der Waals surface area contributed by atoms with Crippen molar-refractivity contribution in [1.29, 1.82) is 0 Å². The van der Waals surface area contributed by atoms with Crippen molar-refractivity contribution in [3.05, 3.63) is 65.7 Å². The number of nitrogens with zero attached hydrogens (tertiary/aromatic N) is 2. The van der Waals surface area contributed by atoms with Crippen LogP contribution in [0.2, 0.25) is 0 Å². The summed E-state index contributed by atoms with van der Waals surface area (Å²) in [7, 11) is 1.83. The summed E-state index contributed by atoms with van der Waals surface area (Å²) in [6.45, 7) is 6.88. The van der Waals surface area contributed by atoms with Crippen molar-refractivity contribution in [3.63, 3.8) is 0 Å². The molecule has 6 heteroatoms. The molecule has 1 atom stereocenters. The lowest BCUT2D eigenvalue weighted by Gasteiger charge is -2.22. The van der Waals surface area contributed by atoms with Gasteiger partial charge in [-0.15, -0.1) is 24.0 Å². The average molecular weight is 537 g/mol. The van der Waals surface area contributed by atoms with E-state index in [-0.39, 0.29) is 30.0 Å². The highest BCUT2D eigenvalue weighted by molar-refractivity contribution is 14.0. The van der Waals surface area contributed by atoms with Crippen LogP contribution in [0.15, 0.2) is 59.6 Å². The zero-order valence-electron chi connectivity index (χ0n) is 18.8. The highest BCUT2D eigenvalue weighted by Gasteiger charge is 2.14. The third kappa shape index (κ3) is 8.69. The summed E-state index contributed by atoms with van der Waals surface area (Å²) in [6.07, 6.45) is 4.68. The minimum atomic E-state index is 0. The van der Waals surface area contributed by atoms with Crippen LogP contribution in [-0.2, 0) is 11.3 Å².